The summed E-state index contributed by atoms with van der Waals surface area (Å²) >= 11 is 10.9. The zero-order valence-corrected chi connectivity index (χ0v) is 10.3. The molecule has 0 spiro atoms. The summed E-state index contributed by atoms with van der Waals surface area (Å²) in [6.45, 7) is 0.615. The lowest BCUT2D eigenvalue weighted by Gasteiger charge is -2.07. The predicted octanol–water partition coefficient (Wildman–Crippen LogP) is 3.52. The van der Waals surface area contributed by atoms with E-state index in [0.717, 1.165) is 14.7 Å². The second-order valence-electron chi connectivity index (χ2n) is 2.12. The van der Waals surface area contributed by atoms with E-state index >= 15 is 0 Å². The third-order valence-corrected chi connectivity index (χ3v) is 2.69. The third kappa shape index (κ3) is 2.68. The Balaban J connectivity index is 2.81. The van der Waals surface area contributed by atoms with Crippen LogP contribution >= 0.6 is 44.5 Å². The molecular formula is C8H8Br2OS. The van der Waals surface area contributed by atoms with Crippen LogP contribution in [0.25, 0.3) is 0 Å². The smallest absolute Gasteiger partial charge is 0.147 e. The van der Waals surface area contributed by atoms with Gasteiger partial charge in [-0.25, -0.2) is 0 Å². The van der Waals surface area contributed by atoms with Crippen LogP contribution in [0, 0.1) is 0 Å². The Labute approximate surface area is 94.2 Å². The van der Waals surface area contributed by atoms with Gasteiger partial charge in [0.05, 0.1) is 15.6 Å². The van der Waals surface area contributed by atoms with Crippen molar-refractivity contribution in [1.29, 1.82) is 0 Å². The van der Waals surface area contributed by atoms with E-state index in [2.05, 4.69) is 44.5 Å². The van der Waals surface area contributed by atoms with Gasteiger partial charge in [0.15, 0.2) is 0 Å². The lowest BCUT2D eigenvalue weighted by Crippen LogP contribution is -1.99. The zero-order chi connectivity index (χ0) is 8.97. The largest absolute Gasteiger partial charge is 0.490 e. The summed E-state index contributed by atoms with van der Waals surface area (Å²) in [4.78, 5) is 0. The molecule has 1 rings (SSSR count). The molecule has 0 amide bonds. The van der Waals surface area contributed by atoms with Crippen molar-refractivity contribution >= 4 is 44.5 Å². The minimum atomic E-state index is 0.615. The highest BCUT2D eigenvalue weighted by Crippen LogP contribution is 2.32. The maximum Gasteiger partial charge on any atom is 0.147 e. The lowest BCUT2D eigenvalue weighted by molar-refractivity contribution is 0.340. The second-order valence-corrected chi connectivity index (χ2v) is 4.28. The molecule has 0 N–H and O–H groups in total. The number of rotatable bonds is 3. The Morgan fingerprint density at radius 3 is 2.33 bits per heavy atom. The van der Waals surface area contributed by atoms with Crippen LogP contribution in [0.4, 0.5) is 0 Å². The maximum atomic E-state index is 5.45. The molecule has 0 saturated carbocycles. The quantitative estimate of drug-likeness (QED) is 0.840. The molecule has 12 heavy (non-hydrogen) atoms. The Morgan fingerprint density at radius 1 is 1.25 bits per heavy atom. The maximum absolute atomic E-state index is 5.45. The van der Waals surface area contributed by atoms with E-state index in [9.17, 15) is 0 Å². The van der Waals surface area contributed by atoms with Crippen molar-refractivity contribution in [3.05, 3.63) is 27.1 Å². The van der Waals surface area contributed by atoms with E-state index in [4.69, 9.17) is 4.74 Å². The van der Waals surface area contributed by atoms with Gasteiger partial charge in [0.2, 0.25) is 0 Å². The van der Waals surface area contributed by atoms with Crippen LogP contribution in [-0.2, 0) is 0 Å². The summed E-state index contributed by atoms with van der Waals surface area (Å²) in [6.07, 6.45) is 0. The number of hydrogen-bond donors (Lipinski definition) is 1. The fourth-order valence-corrected chi connectivity index (χ4v) is 2.09. The molecule has 0 heterocycles. The zero-order valence-electron chi connectivity index (χ0n) is 6.26. The van der Waals surface area contributed by atoms with E-state index in [1.165, 1.54) is 0 Å². The predicted molar refractivity (Wildman–Crippen MR) is 61.2 cm³/mol. The Kier molecular flexibility index (Phi) is 4.46. The highest BCUT2D eigenvalue weighted by Gasteiger charge is 2.03. The molecule has 1 aromatic rings. The summed E-state index contributed by atoms with van der Waals surface area (Å²) in [7, 11) is 0. The van der Waals surface area contributed by atoms with Crippen LogP contribution in [0.5, 0.6) is 5.75 Å². The van der Waals surface area contributed by atoms with Crippen LogP contribution in [0.2, 0.25) is 0 Å². The van der Waals surface area contributed by atoms with Crippen molar-refractivity contribution in [1.82, 2.24) is 0 Å². The van der Waals surface area contributed by atoms with Crippen LogP contribution in [0.15, 0.2) is 27.1 Å². The standard InChI is InChI=1S/C8H8Br2OS/c9-6-2-1-3-7(10)8(6)11-4-5-12/h1-3,12H,4-5H2. The number of thiol groups is 1. The number of ether oxygens (including phenoxy) is 1. The molecule has 0 unspecified atom stereocenters. The van der Waals surface area contributed by atoms with Gasteiger partial charge < -0.3 is 4.74 Å². The van der Waals surface area contributed by atoms with Crippen molar-refractivity contribution < 1.29 is 4.74 Å². The van der Waals surface area contributed by atoms with Crippen molar-refractivity contribution in [3.8, 4) is 5.75 Å². The van der Waals surface area contributed by atoms with E-state index in [0.29, 0.717) is 12.4 Å². The molecule has 0 aromatic heterocycles. The van der Waals surface area contributed by atoms with Gasteiger partial charge in [-0.1, -0.05) is 6.07 Å². The van der Waals surface area contributed by atoms with E-state index in [1.54, 1.807) is 0 Å². The monoisotopic (exact) mass is 310 g/mol. The van der Waals surface area contributed by atoms with Crippen LogP contribution < -0.4 is 4.74 Å². The molecular weight excluding hydrogens is 304 g/mol. The SMILES string of the molecule is SCCOc1c(Br)cccc1Br. The fourth-order valence-electron chi connectivity index (χ4n) is 0.768. The number of benzene rings is 1. The molecule has 0 fully saturated rings. The highest BCUT2D eigenvalue weighted by molar-refractivity contribution is 9.11. The normalized spacial score (nSPS) is 9.92. The lowest BCUT2D eigenvalue weighted by atomic mass is 10.3. The second kappa shape index (κ2) is 5.14. The minimum Gasteiger partial charge on any atom is -0.490 e. The van der Waals surface area contributed by atoms with Crippen molar-refractivity contribution in [2.24, 2.45) is 0 Å². The summed E-state index contributed by atoms with van der Waals surface area (Å²) < 4.78 is 7.36. The van der Waals surface area contributed by atoms with E-state index < -0.39 is 0 Å². The van der Waals surface area contributed by atoms with Crippen LogP contribution in [0.3, 0.4) is 0 Å². The molecule has 0 atom stereocenters. The number of para-hydroxylation sites is 1. The molecule has 0 bridgehead atoms. The molecule has 1 aromatic carbocycles. The van der Waals surface area contributed by atoms with Crippen LogP contribution in [0.1, 0.15) is 0 Å². The molecule has 0 aliphatic carbocycles. The minimum absolute atomic E-state index is 0.615. The Bertz CT molecular complexity index is 245. The summed E-state index contributed by atoms with van der Waals surface area (Å²) in [6, 6.07) is 5.83. The van der Waals surface area contributed by atoms with Gasteiger partial charge in [-0.2, -0.15) is 12.6 Å². The van der Waals surface area contributed by atoms with Gasteiger partial charge in [0.1, 0.15) is 5.75 Å². The summed E-state index contributed by atoms with van der Waals surface area (Å²) in [5.74, 6) is 1.56. The average molecular weight is 312 g/mol. The molecule has 0 saturated heterocycles. The molecule has 0 aliphatic heterocycles. The molecule has 0 radical (unpaired) electrons. The van der Waals surface area contributed by atoms with E-state index in [-0.39, 0.29) is 0 Å². The van der Waals surface area contributed by atoms with Crippen molar-refractivity contribution in [2.75, 3.05) is 12.4 Å². The summed E-state index contributed by atoms with van der Waals surface area (Å²) in [5, 5.41) is 0. The van der Waals surface area contributed by atoms with Crippen LogP contribution in [-0.4, -0.2) is 12.4 Å². The summed E-state index contributed by atoms with van der Waals surface area (Å²) in [5.41, 5.74) is 0. The van der Waals surface area contributed by atoms with E-state index in [1.807, 2.05) is 18.2 Å². The number of hydrogen-bond acceptors (Lipinski definition) is 2. The van der Waals surface area contributed by atoms with Gasteiger partial charge >= 0.3 is 0 Å². The first-order valence-corrected chi connectivity index (χ1v) is 5.65. The first-order chi connectivity index (χ1) is 5.75. The van der Waals surface area contributed by atoms with Crippen molar-refractivity contribution in [3.63, 3.8) is 0 Å². The van der Waals surface area contributed by atoms with Gasteiger partial charge in [0.25, 0.3) is 0 Å². The van der Waals surface area contributed by atoms with Gasteiger partial charge in [-0.05, 0) is 44.0 Å². The highest BCUT2D eigenvalue weighted by atomic mass is 79.9. The molecule has 0 aliphatic rings. The van der Waals surface area contributed by atoms with Gasteiger partial charge in [-0.3, -0.25) is 0 Å². The Hall–Kier alpha value is 0.330. The Morgan fingerprint density at radius 2 is 1.83 bits per heavy atom. The van der Waals surface area contributed by atoms with Crippen molar-refractivity contribution in [2.45, 2.75) is 0 Å². The molecule has 66 valence electrons. The number of halogens is 2. The average Bonchev–Trinajstić information content (AvgIpc) is 2.04. The molecule has 1 nitrogen and oxygen atoms in total. The van der Waals surface area contributed by atoms with Gasteiger partial charge in [0, 0.05) is 5.75 Å². The third-order valence-electron chi connectivity index (χ3n) is 1.26. The fraction of sp³-hybridized carbons (Fsp3) is 0.250. The van der Waals surface area contributed by atoms with Gasteiger partial charge in [-0.15, -0.1) is 0 Å². The molecule has 4 heteroatoms. The topological polar surface area (TPSA) is 9.23 Å². The first kappa shape index (κ1) is 10.4. The first-order valence-electron chi connectivity index (χ1n) is 3.43.